The molecule has 1 unspecified atom stereocenters. The van der Waals surface area contributed by atoms with Gasteiger partial charge < -0.3 is 15.2 Å². The predicted molar refractivity (Wildman–Crippen MR) is 121 cm³/mol. The summed E-state index contributed by atoms with van der Waals surface area (Å²) in [6, 6.07) is 5.35. The Balaban J connectivity index is 0.00000320. The fraction of sp³-hybridized carbons (Fsp3) is 0.550. The zero-order chi connectivity index (χ0) is 21.0. The summed E-state index contributed by atoms with van der Waals surface area (Å²) in [5.74, 6) is 2.09. The summed E-state index contributed by atoms with van der Waals surface area (Å²) in [5, 5.41) is 14.8. The second-order valence-corrected chi connectivity index (χ2v) is 7.50. The summed E-state index contributed by atoms with van der Waals surface area (Å²) < 4.78 is 41.0. The van der Waals surface area contributed by atoms with Crippen molar-refractivity contribution in [3.63, 3.8) is 0 Å². The Labute approximate surface area is 191 Å². The van der Waals surface area contributed by atoms with Gasteiger partial charge in [-0.2, -0.15) is 13.2 Å². The molecular formula is C20H28F3IN6. The molecule has 6 nitrogen and oxygen atoms in total. The highest BCUT2D eigenvalue weighted by atomic mass is 127. The Morgan fingerprint density at radius 2 is 1.97 bits per heavy atom. The lowest BCUT2D eigenvalue weighted by atomic mass is 10.1. The van der Waals surface area contributed by atoms with Crippen LogP contribution in [-0.2, 0) is 19.8 Å². The molecule has 166 valence electrons. The number of nitrogens with zero attached hydrogens (tertiary/aromatic N) is 4. The minimum Gasteiger partial charge on any atom is -0.354 e. The normalized spacial score (nSPS) is 16.3. The van der Waals surface area contributed by atoms with Gasteiger partial charge in [-0.05, 0) is 44.4 Å². The van der Waals surface area contributed by atoms with Crippen LogP contribution in [-0.4, -0.2) is 26.8 Å². The Kier molecular flexibility index (Phi) is 8.51. The fourth-order valence-corrected chi connectivity index (χ4v) is 3.41. The van der Waals surface area contributed by atoms with E-state index in [0.29, 0.717) is 24.1 Å². The highest BCUT2D eigenvalue weighted by Crippen LogP contribution is 2.30. The molecule has 0 spiro atoms. The topological polar surface area (TPSA) is 67.1 Å². The van der Waals surface area contributed by atoms with Crippen LogP contribution in [0.3, 0.4) is 0 Å². The number of benzene rings is 1. The van der Waals surface area contributed by atoms with E-state index in [1.807, 2.05) is 25.5 Å². The SMILES string of the molecule is Cc1nnc(CN=C(NC2CCCC2)NC(C)c2cccc(C(F)(F)F)c2)n1C.I. The molecule has 0 radical (unpaired) electrons. The zero-order valence-electron chi connectivity index (χ0n) is 17.3. The van der Waals surface area contributed by atoms with Gasteiger partial charge in [0, 0.05) is 13.1 Å². The molecule has 1 atom stereocenters. The maximum absolute atomic E-state index is 13.0. The molecule has 0 bridgehead atoms. The van der Waals surface area contributed by atoms with Crippen molar-refractivity contribution < 1.29 is 13.2 Å². The Hall–Kier alpha value is -1.85. The second-order valence-electron chi connectivity index (χ2n) is 7.50. The summed E-state index contributed by atoms with van der Waals surface area (Å²) in [7, 11) is 1.88. The number of halogens is 4. The zero-order valence-corrected chi connectivity index (χ0v) is 19.7. The van der Waals surface area contributed by atoms with Crippen LogP contribution >= 0.6 is 24.0 Å². The second kappa shape index (κ2) is 10.5. The third kappa shape index (κ3) is 6.32. The minimum atomic E-state index is -4.36. The van der Waals surface area contributed by atoms with Crippen LogP contribution in [0, 0.1) is 6.92 Å². The van der Waals surface area contributed by atoms with Crippen LogP contribution in [0.2, 0.25) is 0 Å². The van der Waals surface area contributed by atoms with Crippen LogP contribution in [0.15, 0.2) is 29.3 Å². The monoisotopic (exact) mass is 536 g/mol. The predicted octanol–water partition coefficient (Wildman–Crippen LogP) is 4.50. The molecule has 0 amide bonds. The van der Waals surface area contributed by atoms with Gasteiger partial charge in [0.1, 0.15) is 12.4 Å². The van der Waals surface area contributed by atoms with Gasteiger partial charge in [0.2, 0.25) is 0 Å². The number of hydrogen-bond donors (Lipinski definition) is 2. The van der Waals surface area contributed by atoms with Crippen molar-refractivity contribution in [3.05, 3.63) is 47.0 Å². The summed E-state index contributed by atoms with van der Waals surface area (Å²) in [4.78, 5) is 4.62. The fourth-order valence-electron chi connectivity index (χ4n) is 3.41. The molecule has 1 saturated carbocycles. The van der Waals surface area contributed by atoms with Gasteiger partial charge in [0.15, 0.2) is 11.8 Å². The standard InChI is InChI=1S/C20H27F3N6.HI/c1-13(15-7-6-8-16(11-15)20(21,22)23)25-19(26-17-9-4-5-10-17)24-12-18-28-27-14(2)29(18)3;/h6-8,11,13,17H,4-5,9-10,12H2,1-3H3,(H2,24,25,26);1H. The van der Waals surface area contributed by atoms with E-state index in [-0.39, 0.29) is 30.0 Å². The molecule has 10 heteroatoms. The van der Waals surface area contributed by atoms with Gasteiger partial charge >= 0.3 is 6.18 Å². The van der Waals surface area contributed by atoms with E-state index in [1.165, 1.54) is 12.1 Å². The van der Waals surface area contributed by atoms with E-state index in [4.69, 9.17) is 0 Å². The number of alkyl halides is 3. The van der Waals surface area contributed by atoms with E-state index in [2.05, 4.69) is 25.8 Å². The summed E-state index contributed by atoms with van der Waals surface area (Å²) >= 11 is 0. The number of aromatic nitrogens is 3. The lowest BCUT2D eigenvalue weighted by Crippen LogP contribution is -2.43. The first kappa shape index (κ1) is 24.4. The molecule has 1 aliphatic rings. The summed E-state index contributed by atoms with van der Waals surface area (Å²) in [5.41, 5.74) is -0.101. The Bertz CT molecular complexity index is 858. The molecular weight excluding hydrogens is 508 g/mol. The molecule has 1 aromatic carbocycles. The highest BCUT2D eigenvalue weighted by molar-refractivity contribution is 14.0. The van der Waals surface area contributed by atoms with Gasteiger partial charge in [0.05, 0.1) is 11.6 Å². The van der Waals surface area contributed by atoms with E-state index in [1.54, 1.807) is 6.07 Å². The average molecular weight is 536 g/mol. The van der Waals surface area contributed by atoms with Crippen LogP contribution in [0.25, 0.3) is 0 Å². The molecule has 3 rings (SSSR count). The molecule has 2 aromatic rings. The van der Waals surface area contributed by atoms with Gasteiger partial charge in [0.25, 0.3) is 0 Å². The summed E-state index contributed by atoms with van der Waals surface area (Å²) in [6.45, 7) is 4.02. The number of hydrogen-bond acceptors (Lipinski definition) is 3. The van der Waals surface area contributed by atoms with Crippen LogP contribution < -0.4 is 10.6 Å². The van der Waals surface area contributed by atoms with Crippen LogP contribution in [0.5, 0.6) is 0 Å². The molecule has 1 aromatic heterocycles. The number of aryl methyl sites for hydroxylation is 1. The van der Waals surface area contributed by atoms with Crippen molar-refractivity contribution in [2.45, 2.75) is 64.3 Å². The minimum absolute atomic E-state index is 0. The molecule has 1 aliphatic carbocycles. The first-order chi connectivity index (χ1) is 13.7. The number of aliphatic imine (C=N–C) groups is 1. The maximum Gasteiger partial charge on any atom is 0.416 e. The molecule has 1 heterocycles. The van der Waals surface area contributed by atoms with Gasteiger partial charge in [-0.15, -0.1) is 34.2 Å². The van der Waals surface area contributed by atoms with E-state index >= 15 is 0 Å². The molecule has 2 N–H and O–H groups in total. The molecule has 1 fully saturated rings. The third-order valence-electron chi connectivity index (χ3n) is 5.32. The van der Waals surface area contributed by atoms with Gasteiger partial charge in [-0.3, -0.25) is 0 Å². The lowest BCUT2D eigenvalue weighted by molar-refractivity contribution is -0.137. The van der Waals surface area contributed by atoms with E-state index in [9.17, 15) is 13.2 Å². The Morgan fingerprint density at radius 1 is 1.27 bits per heavy atom. The largest absolute Gasteiger partial charge is 0.416 e. The first-order valence-electron chi connectivity index (χ1n) is 9.83. The van der Waals surface area contributed by atoms with E-state index in [0.717, 1.165) is 43.4 Å². The smallest absolute Gasteiger partial charge is 0.354 e. The number of nitrogens with one attached hydrogen (secondary N) is 2. The van der Waals surface area contributed by atoms with E-state index < -0.39 is 11.7 Å². The Morgan fingerprint density at radius 3 is 2.57 bits per heavy atom. The first-order valence-corrected chi connectivity index (χ1v) is 9.83. The third-order valence-corrected chi connectivity index (χ3v) is 5.32. The van der Waals surface area contributed by atoms with Crippen molar-refractivity contribution >= 4 is 29.9 Å². The summed E-state index contributed by atoms with van der Waals surface area (Å²) in [6.07, 6.45) is 0.0778. The van der Waals surface area contributed by atoms with Crippen LogP contribution in [0.1, 0.15) is 61.4 Å². The number of rotatable bonds is 5. The maximum atomic E-state index is 13.0. The van der Waals surface area contributed by atoms with Crippen molar-refractivity contribution in [3.8, 4) is 0 Å². The molecule has 0 saturated heterocycles. The van der Waals surface area contributed by atoms with Gasteiger partial charge in [-0.25, -0.2) is 4.99 Å². The van der Waals surface area contributed by atoms with Crippen molar-refractivity contribution in [1.82, 2.24) is 25.4 Å². The highest BCUT2D eigenvalue weighted by Gasteiger charge is 2.30. The van der Waals surface area contributed by atoms with Crippen molar-refractivity contribution in [2.24, 2.45) is 12.0 Å². The van der Waals surface area contributed by atoms with Crippen molar-refractivity contribution in [1.29, 1.82) is 0 Å². The lowest BCUT2D eigenvalue weighted by Gasteiger charge is -2.22. The van der Waals surface area contributed by atoms with Gasteiger partial charge in [-0.1, -0.05) is 25.0 Å². The molecule has 30 heavy (non-hydrogen) atoms. The average Bonchev–Trinajstić information content (AvgIpc) is 3.30. The molecule has 0 aliphatic heterocycles. The quantitative estimate of drug-likeness (QED) is 0.336. The number of guanidine groups is 1. The van der Waals surface area contributed by atoms with Crippen molar-refractivity contribution in [2.75, 3.05) is 0 Å². The van der Waals surface area contributed by atoms with Crippen LogP contribution in [0.4, 0.5) is 13.2 Å².